The molecule has 1 aromatic carbocycles. The number of carbonyl (C=O) groups excluding carboxylic acids is 1. The third-order valence-electron chi connectivity index (χ3n) is 2.24. The van der Waals surface area contributed by atoms with E-state index in [1.54, 1.807) is 0 Å². The molecule has 0 atom stereocenters. The van der Waals surface area contributed by atoms with Gasteiger partial charge in [-0.3, -0.25) is 4.79 Å². The summed E-state index contributed by atoms with van der Waals surface area (Å²) < 4.78 is 5.16. The highest BCUT2D eigenvalue weighted by molar-refractivity contribution is 6.02. The molecule has 1 N–H and O–H groups in total. The zero-order chi connectivity index (χ0) is 10.7. The van der Waals surface area contributed by atoms with E-state index < -0.39 is 0 Å². The van der Waals surface area contributed by atoms with Crippen molar-refractivity contribution in [2.45, 2.75) is 13.3 Å². The van der Waals surface area contributed by atoms with Crippen LogP contribution in [-0.2, 0) is 9.53 Å². The Bertz CT molecular complexity index is 393. The summed E-state index contributed by atoms with van der Waals surface area (Å²) in [6.07, 6.45) is 2.63. The molecule has 15 heavy (non-hydrogen) atoms. The monoisotopic (exact) mass is 203 g/mol. The second-order valence-corrected chi connectivity index (χ2v) is 3.53. The molecule has 3 nitrogen and oxygen atoms in total. The van der Waals surface area contributed by atoms with Crippen molar-refractivity contribution in [1.82, 2.24) is 0 Å². The Morgan fingerprint density at radius 2 is 2.07 bits per heavy atom. The fourth-order valence-electron chi connectivity index (χ4n) is 1.41. The number of aryl methyl sites for hydroxylation is 1. The zero-order valence-electron chi connectivity index (χ0n) is 8.62. The van der Waals surface area contributed by atoms with E-state index in [9.17, 15) is 4.79 Å². The van der Waals surface area contributed by atoms with Crippen LogP contribution in [0.3, 0.4) is 0 Å². The van der Waals surface area contributed by atoms with E-state index in [-0.39, 0.29) is 5.91 Å². The quantitative estimate of drug-likeness (QED) is 0.800. The molecule has 1 aromatic rings. The molecule has 3 heteroatoms. The second-order valence-electron chi connectivity index (χ2n) is 3.53. The van der Waals surface area contributed by atoms with E-state index in [1.807, 2.05) is 37.3 Å². The van der Waals surface area contributed by atoms with Gasteiger partial charge >= 0.3 is 0 Å². The van der Waals surface area contributed by atoms with Crippen molar-refractivity contribution >= 4 is 11.6 Å². The van der Waals surface area contributed by atoms with Crippen molar-refractivity contribution < 1.29 is 9.53 Å². The number of ether oxygens (including phenoxy) is 1. The first-order valence-corrected chi connectivity index (χ1v) is 4.97. The van der Waals surface area contributed by atoms with Gasteiger partial charge in [0.05, 0.1) is 6.61 Å². The number of hydrogen-bond donors (Lipinski definition) is 1. The molecule has 1 amide bonds. The predicted octanol–water partition coefficient (Wildman–Crippen LogP) is 2.24. The predicted molar refractivity (Wildman–Crippen MR) is 58.5 cm³/mol. The van der Waals surface area contributed by atoms with E-state index in [4.69, 9.17) is 4.74 Å². The van der Waals surface area contributed by atoms with Crippen LogP contribution in [0.2, 0.25) is 0 Å². The van der Waals surface area contributed by atoms with Crippen molar-refractivity contribution in [3.8, 4) is 0 Å². The molecule has 0 aliphatic carbocycles. The molecule has 1 aliphatic heterocycles. The number of anilines is 1. The lowest BCUT2D eigenvalue weighted by Gasteiger charge is -2.06. The van der Waals surface area contributed by atoms with Gasteiger partial charge in [-0.25, -0.2) is 0 Å². The van der Waals surface area contributed by atoms with Crippen LogP contribution in [0, 0.1) is 6.92 Å². The summed E-state index contributed by atoms with van der Waals surface area (Å²) in [6, 6.07) is 7.67. The van der Waals surface area contributed by atoms with Crippen molar-refractivity contribution in [2.24, 2.45) is 0 Å². The van der Waals surface area contributed by atoms with Gasteiger partial charge in [-0.15, -0.1) is 0 Å². The van der Waals surface area contributed by atoms with Crippen LogP contribution in [-0.4, -0.2) is 12.5 Å². The summed E-state index contributed by atoms with van der Waals surface area (Å²) in [7, 11) is 0. The molecule has 2 rings (SSSR count). The molecule has 0 spiro atoms. The van der Waals surface area contributed by atoms with E-state index >= 15 is 0 Å². The highest BCUT2D eigenvalue weighted by Crippen LogP contribution is 2.13. The molecule has 0 aromatic heterocycles. The van der Waals surface area contributed by atoms with E-state index in [1.165, 1.54) is 5.56 Å². The minimum Gasteiger partial charge on any atom is -0.488 e. The molecule has 0 radical (unpaired) electrons. The van der Waals surface area contributed by atoms with Crippen LogP contribution in [0.4, 0.5) is 5.69 Å². The largest absolute Gasteiger partial charge is 0.488 e. The number of benzene rings is 1. The van der Waals surface area contributed by atoms with Crippen molar-refractivity contribution in [2.75, 3.05) is 11.9 Å². The Morgan fingerprint density at radius 1 is 1.33 bits per heavy atom. The summed E-state index contributed by atoms with van der Waals surface area (Å²) >= 11 is 0. The number of amides is 1. The first-order valence-electron chi connectivity index (χ1n) is 4.97. The zero-order valence-corrected chi connectivity index (χ0v) is 8.62. The lowest BCUT2D eigenvalue weighted by molar-refractivity contribution is -0.115. The summed E-state index contributed by atoms with van der Waals surface area (Å²) in [5, 5.41) is 2.78. The standard InChI is InChI=1S/C12H13NO2/c1-9-4-6-10(7-5-9)13-12(14)11-3-2-8-15-11/h3-7H,2,8H2,1H3,(H,13,14). The first-order chi connectivity index (χ1) is 7.25. The molecule has 0 unspecified atom stereocenters. The summed E-state index contributed by atoms with van der Waals surface area (Å²) in [6.45, 7) is 2.62. The van der Waals surface area contributed by atoms with Crippen molar-refractivity contribution in [1.29, 1.82) is 0 Å². The minimum atomic E-state index is -0.170. The SMILES string of the molecule is Cc1ccc(NC(=O)C2=CCCO2)cc1. The maximum Gasteiger partial charge on any atom is 0.290 e. The van der Waals surface area contributed by atoms with Crippen LogP contribution in [0.25, 0.3) is 0 Å². The molecule has 0 bridgehead atoms. The number of rotatable bonds is 2. The summed E-state index contributed by atoms with van der Waals surface area (Å²) in [5.74, 6) is 0.256. The van der Waals surface area contributed by atoms with Crippen LogP contribution >= 0.6 is 0 Å². The van der Waals surface area contributed by atoms with Crippen LogP contribution < -0.4 is 5.32 Å². The van der Waals surface area contributed by atoms with Gasteiger partial charge in [0.1, 0.15) is 0 Å². The molecular weight excluding hydrogens is 190 g/mol. The molecular formula is C12H13NO2. The third kappa shape index (κ3) is 2.37. The molecule has 1 aliphatic rings. The molecule has 78 valence electrons. The van der Waals surface area contributed by atoms with Gasteiger partial charge in [0, 0.05) is 12.1 Å². The average Bonchev–Trinajstić information content (AvgIpc) is 2.74. The van der Waals surface area contributed by atoms with Gasteiger partial charge in [0.25, 0.3) is 5.91 Å². The summed E-state index contributed by atoms with van der Waals surface area (Å²) in [5.41, 5.74) is 1.96. The molecule has 1 heterocycles. The summed E-state index contributed by atoms with van der Waals surface area (Å²) in [4.78, 5) is 11.6. The fourth-order valence-corrected chi connectivity index (χ4v) is 1.41. The minimum absolute atomic E-state index is 0.170. The Kier molecular flexibility index (Phi) is 2.72. The van der Waals surface area contributed by atoms with Crippen LogP contribution in [0.5, 0.6) is 0 Å². The molecule has 0 fully saturated rings. The number of nitrogens with one attached hydrogen (secondary N) is 1. The fraction of sp³-hybridized carbons (Fsp3) is 0.250. The van der Waals surface area contributed by atoms with Crippen LogP contribution in [0.1, 0.15) is 12.0 Å². The highest BCUT2D eigenvalue weighted by Gasteiger charge is 2.14. The van der Waals surface area contributed by atoms with Gasteiger partial charge in [-0.1, -0.05) is 17.7 Å². The average molecular weight is 203 g/mol. The van der Waals surface area contributed by atoms with Crippen molar-refractivity contribution in [3.05, 3.63) is 41.7 Å². The highest BCUT2D eigenvalue weighted by atomic mass is 16.5. The van der Waals surface area contributed by atoms with Crippen molar-refractivity contribution in [3.63, 3.8) is 0 Å². The maximum atomic E-state index is 11.6. The Labute approximate surface area is 88.8 Å². The third-order valence-corrected chi connectivity index (χ3v) is 2.24. The topological polar surface area (TPSA) is 38.3 Å². The van der Waals surface area contributed by atoms with Gasteiger partial charge in [-0.2, -0.15) is 0 Å². The number of carbonyl (C=O) groups is 1. The maximum absolute atomic E-state index is 11.6. The molecule has 0 saturated heterocycles. The van der Waals surface area contributed by atoms with E-state index in [0.717, 1.165) is 12.1 Å². The van der Waals surface area contributed by atoms with E-state index in [0.29, 0.717) is 12.4 Å². The van der Waals surface area contributed by atoms with Gasteiger partial charge in [-0.05, 0) is 25.1 Å². The lowest BCUT2D eigenvalue weighted by Crippen LogP contribution is -2.14. The second kappa shape index (κ2) is 4.17. The lowest BCUT2D eigenvalue weighted by atomic mass is 10.2. The Hall–Kier alpha value is -1.77. The normalized spacial score (nSPS) is 14.3. The molecule has 0 saturated carbocycles. The first kappa shape index (κ1) is 9.77. The smallest absolute Gasteiger partial charge is 0.290 e. The van der Waals surface area contributed by atoms with Crippen LogP contribution in [0.15, 0.2) is 36.1 Å². The number of hydrogen-bond acceptors (Lipinski definition) is 2. The van der Waals surface area contributed by atoms with Gasteiger partial charge in [0.2, 0.25) is 0 Å². The van der Waals surface area contributed by atoms with Gasteiger partial charge in [0.15, 0.2) is 5.76 Å². The Balaban J connectivity index is 2.02. The van der Waals surface area contributed by atoms with E-state index in [2.05, 4.69) is 5.32 Å². The Morgan fingerprint density at radius 3 is 2.67 bits per heavy atom. The van der Waals surface area contributed by atoms with Gasteiger partial charge < -0.3 is 10.1 Å².